The Labute approximate surface area is 152 Å². The summed E-state index contributed by atoms with van der Waals surface area (Å²) < 4.78 is 5.24. The zero-order valence-electron chi connectivity index (χ0n) is 12.7. The van der Waals surface area contributed by atoms with Crippen molar-refractivity contribution >= 4 is 46.5 Å². The lowest BCUT2D eigenvalue weighted by atomic mass is 10.0. The summed E-state index contributed by atoms with van der Waals surface area (Å²) in [4.78, 5) is 26.3. The van der Waals surface area contributed by atoms with Crippen molar-refractivity contribution in [1.29, 1.82) is 0 Å². The van der Waals surface area contributed by atoms with Gasteiger partial charge in [0.15, 0.2) is 6.29 Å². The summed E-state index contributed by atoms with van der Waals surface area (Å²) in [5.74, 6) is -0.421. The molecule has 0 bridgehead atoms. The SMILES string of the molecule is CCOC(=O)c1c(-c2ccc(Cl)cc2)sc(C=O)c1-c1cccs1. The maximum absolute atomic E-state index is 12.6. The molecule has 3 rings (SSSR count). The van der Waals surface area contributed by atoms with Gasteiger partial charge in [-0.05, 0) is 36.1 Å². The molecular weight excluding hydrogens is 364 g/mol. The highest BCUT2D eigenvalue weighted by atomic mass is 35.5. The van der Waals surface area contributed by atoms with Crippen molar-refractivity contribution in [2.75, 3.05) is 6.61 Å². The van der Waals surface area contributed by atoms with Crippen molar-refractivity contribution in [3.8, 4) is 20.9 Å². The largest absolute Gasteiger partial charge is 0.462 e. The molecule has 0 aliphatic heterocycles. The lowest BCUT2D eigenvalue weighted by Crippen LogP contribution is -2.06. The van der Waals surface area contributed by atoms with Crippen LogP contribution in [0.1, 0.15) is 27.0 Å². The van der Waals surface area contributed by atoms with Crippen LogP contribution in [0.2, 0.25) is 5.02 Å². The Kier molecular flexibility index (Phi) is 5.14. The van der Waals surface area contributed by atoms with Crippen LogP contribution in [0.15, 0.2) is 41.8 Å². The van der Waals surface area contributed by atoms with Crippen molar-refractivity contribution in [2.24, 2.45) is 0 Å². The quantitative estimate of drug-likeness (QED) is 0.418. The van der Waals surface area contributed by atoms with Crippen LogP contribution in [0.3, 0.4) is 0 Å². The molecule has 1 aromatic carbocycles. The summed E-state index contributed by atoms with van der Waals surface area (Å²) in [7, 11) is 0. The standard InChI is InChI=1S/C18H13ClO3S2/c1-2-22-18(21)16-15(13-4-3-9-23-13)14(10-20)24-17(16)11-5-7-12(19)8-6-11/h3-10H,2H2,1H3. The van der Waals surface area contributed by atoms with E-state index in [4.69, 9.17) is 16.3 Å². The number of thiophene rings is 2. The molecule has 0 amide bonds. The molecule has 0 radical (unpaired) electrons. The average Bonchev–Trinajstić information content (AvgIpc) is 3.22. The van der Waals surface area contributed by atoms with E-state index in [1.54, 1.807) is 19.1 Å². The van der Waals surface area contributed by atoms with Gasteiger partial charge in [0.2, 0.25) is 0 Å². The molecule has 3 nitrogen and oxygen atoms in total. The number of ether oxygens (including phenoxy) is 1. The first-order valence-corrected chi connectivity index (χ1v) is 9.32. The molecule has 0 atom stereocenters. The number of rotatable bonds is 5. The van der Waals surface area contributed by atoms with E-state index in [-0.39, 0.29) is 6.61 Å². The highest BCUT2D eigenvalue weighted by Crippen LogP contribution is 2.43. The first-order valence-electron chi connectivity index (χ1n) is 7.24. The molecule has 2 heterocycles. The third-order valence-corrected chi connectivity index (χ3v) is 5.70. The molecule has 2 aromatic heterocycles. The van der Waals surface area contributed by atoms with Gasteiger partial charge in [-0.3, -0.25) is 4.79 Å². The Hall–Kier alpha value is -1.95. The summed E-state index contributed by atoms with van der Waals surface area (Å²) in [6.45, 7) is 2.03. The Morgan fingerprint density at radius 2 is 2.00 bits per heavy atom. The number of aldehydes is 1. The molecule has 0 aliphatic carbocycles. The van der Waals surface area contributed by atoms with E-state index >= 15 is 0 Å². The fraction of sp³-hybridized carbons (Fsp3) is 0.111. The third-order valence-electron chi connectivity index (χ3n) is 3.40. The number of esters is 1. The topological polar surface area (TPSA) is 43.4 Å². The minimum absolute atomic E-state index is 0.273. The number of hydrogen-bond acceptors (Lipinski definition) is 5. The van der Waals surface area contributed by atoms with Crippen molar-refractivity contribution in [2.45, 2.75) is 6.92 Å². The smallest absolute Gasteiger partial charge is 0.340 e. The predicted molar refractivity (Wildman–Crippen MR) is 99.4 cm³/mol. The van der Waals surface area contributed by atoms with Gasteiger partial charge < -0.3 is 4.74 Å². The minimum Gasteiger partial charge on any atom is -0.462 e. The Bertz CT molecular complexity index is 865. The Morgan fingerprint density at radius 3 is 2.58 bits per heavy atom. The van der Waals surface area contributed by atoms with Crippen LogP contribution in [-0.2, 0) is 4.74 Å². The van der Waals surface area contributed by atoms with Gasteiger partial charge in [-0.25, -0.2) is 4.79 Å². The summed E-state index contributed by atoms with van der Waals surface area (Å²) >= 11 is 8.73. The normalized spacial score (nSPS) is 10.6. The zero-order chi connectivity index (χ0) is 17.1. The van der Waals surface area contributed by atoms with Crippen molar-refractivity contribution in [1.82, 2.24) is 0 Å². The lowest BCUT2D eigenvalue weighted by Gasteiger charge is -2.07. The summed E-state index contributed by atoms with van der Waals surface area (Å²) in [6.07, 6.45) is 0.794. The van der Waals surface area contributed by atoms with Crippen LogP contribution in [-0.4, -0.2) is 18.9 Å². The van der Waals surface area contributed by atoms with Crippen LogP contribution >= 0.6 is 34.3 Å². The van der Waals surface area contributed by atoms with E-state index in [0.29, 0.717) is 21.0 Å². The van der Waals surface area contributed by atoms with Crippen molar-refractivity contribution in [3.05, 3.63) is 57.2 Å². The van der Waals surface area contributed by atoms with Crippen LogP contribution in [0, 0.1) is 0 Å². The van der Waals surface area contributed by atoms with E-state index in [9.17, 15) is 9.59 Å². The Morgan fingerprint density at radius 1 is 1.25 bits per heavy atom. The fourth-order valence-corrected chi connectivity index (χ4v) is 4.50. The summed E-state index contributed by atoms with van der Waals surface area (Å²) in [6, 6.07) is 11.0. The number of carbonyl (C=O) groups excluding carboxylic acids is 2. The van der Waals surface area contributed by atoms with Gasteiger partial charge in [-0.1, -0.05) is 29.8 Å². The van der Waals surface area contributed by atoms with Crippen molar-refractivity contribution in [3.63, 3.8) is 0 Å². The molecule has 0 N–H and O–H groups in total. The van der Waals surface area contributed by atoms with Gasteiger partial charge in [-0.2, -0.15) is 0 Å². The third kappa shape index (κ3) is 3.15. The number of halogens is 1. The van der Waals surface area contributed by atoms with Crippen molar-refractivity contribution < 1.29 is 14.3 Å². The molecule has 0 spiro atoms. The number of hydrogen-bond donors (Lipinski definition) is 0. The zero-order valence-corrected chi connectivity index (χ0v) is 15.1. The molecule has 24 heavy (non-hydrogen) atoms. The summed E-state index contributed by atoms with van der Waals surface area (Å²) in [5.41, 5.74) is 1.92. The molecule has 0 saturated carbocycles. The van der Waals surface area contributed by atoms with Crippen LogP contribution in [0.4, 0.5) is 0 Å². The van der Waals surface area contributed by atoms with E-state index in [1.165, 1.54) is 22.7 Å². The van der Waals surface area contributed by atoms with Crippen LogP contribution < -0.4 is 0 Å². The number of benzene rings is 1. The number of carbonyl (C=O) groups is 2. The van der Waals surface area contributed by atoms with Crippen LogP contribution in [0.25, 0.3) is 20.9 Å². The van der Waals surface area contributed by atoms with Crippen LogP contribution in [0.5, 0.6) is 0 Å². The van der Waals surface area contributed by atoms with Gasteiger partial charge in [-0.15, -0.1) is 22.7 Å². The highest BCUT2D eigenvalue weighted by molar-refractivity contribution is 7.19. The fourth-order valence-electron chi connectivity index (χ4n) is 2.40. The van der Waals surface area contributed by atoms with Gasteiger partial charge in [0.05, 0.1) is 21.9 Å². The monoisotopic (exact) mass is 376 g/mol. The molecule has 6 heteroatoms. The molecule has 0 fully saturated rings. The van der Waals surface area contributed by atoms with Gasteiger partial charge in [0.25, 0.3) is 0 Å². The van der Waals surface area contributed by atoms with E-state index in [0.717, 1.165) is 21.6 Å². The van der Waals surface area contributed by atoms with Gasteiger partial charge in [0, 0.05) is 15.5 Å². The molecule has 122 valence electrons. The highest BCUT2D eigenvalue weighted by Gasteiger charge is 2.27. The maximum atomic E-state index is 12.6. The maximum Gasteiger partial charge on any atom is 0.340 e. The second-order valence-electron chi connectivity index (χ2n) is 4.87. The molecule has 0 unspecified atom stereocenters. The Balaban J connectivity index is 2.27. The summed E-state index contributed by atoms with van der Waals surface area (Å²) in [5, 5.41) is 2.53. The first kappa shape index (κ1) is 16.9. The first-order chi connectivity index (χ1) is 11.7. The predicted octanol–water partition coefficient (Wildman–Crippen LogP) is 5.79. The van der Waals surface area contributed by atoms with E-state index < -0.39 is 5.97 Å². The minimum atomic E-state index is -0.421. The van der Waals surface area contributed by atoms with E-state index in [2.05, 4.69) is 0 Å². The molecule has 0 aliphatic rings. The molecular formula is C18H13ClO3S2. The lowest BCUT2D eigenvalue weighted by molar-refractivity contribution is 0.0528. The molecule has 0 saturated heterocycles. The molecule has 3 aromatic rings. The van der Waals surface area contributed by atoms with E-state index in [1.807, 2.05) is 29.6 Å². The average molecular weight is 377 g/mol. The second kappa shape index (κ2) is 7.30. The second-order valence-corrected chi connectivity index (χ2v) is 7.30. The van der Waals surface area contributed by atoms with Gasteiger partial charge >= 0.3 is 5.97 Å². The van der Waals surface area contributed by atoms with Gasteiger partial charge in [0.1, 0.15) is 0 Å².